The molecule has 0 aliphatic heterocycles. The number of nitrogens with two attached hydrogens (primary N) is 1. The fourth-order valence-corrected chi connectivity index (χ4v) is 1.46. The number of carbonyl (C=O) groups excluding carboxylic acids is 1. The molecule has 3 N–H and O–H groups in total. The lowest BCUT2D eigenvalue weighted by Gasteiger charge is -2.10. The Morgan fingerprint density at radius 3 is 2.82 bits per heavy atom. The monoisotopic (exact) mass is 236 g/mol. The number of ether oxygens (including phenoxy) is 1. The summed E-state index contributed by atoms with van der Waals surface area (Å²) < 4.78 is 5.42. The van der Waals surface area contributed by atoms with Gasteiger partial charge in [0, 0.05) is 18.8 Å². The Morgan fingerprint density at radius 1 is 1.35 bits per heavy atom. The van der Waals surface area contributed by atoms with Crippen molar-refractivity contribution < 1.29 is 9.53 Å². The predicted molar refractivity (Wildman–Crippen MR) is 69.2 cm³/mol. The third kappa shape index (κ3) is 4.87. The molecule has 0 aromatic heterocycles. The van der Waals surface area contributed by atoms with Gasteiger partial charge in [0.25, 0.3) is 5.91 Å². The van der Waals surface area contributed by atoms with E-state index in [9.17, 15) is 4.79 Å². The van der Waals surface area contributed by atoms with E-state index in [4.69, 9.17) is 10.5 Å². The van der Waals surface area contributed by atoms with E-state index in [-0.39, 0.29) is 0 Å². The highest BCUT2D eigenvalue weighted by atomic mass is 16.5. The molecule has 0 aliphatic carbocycles. The number of carbonyl (C=O) groups is 1. The van der Waals surface area contributed by atoms with Crippen LogP contribution in [0.25, 0.3) is 0 Å². The number of anilines is 1. The van der Waals surface area contributed by atoms with E-state index >= 15 is 0 Å². The Bertz CT molecular complexity index is 353. The first-order valence-electron chi connectivity index (χ1n) is 5.96. The molecular formula is C13H20N2O2. The standard InChI is InChI=1S/C13H20N2O2/c1-2-3-9-17-10-8-15-12-7-5-4-6-11(12)13(14)16/h4-7,15H,2-3,8-10H2,1H3,(H2,14,16). The van der Waals surface area contributed by atoms with Crippen LogP contribution in [0.15, 0.2) is 24.3 Å². The molecule has 0 bridgehead atoms. The summed E-state index contributed by atoms with van der Waals surface area (Å²) in [4.78, 5) is 11.1. The minimum atomic E-state index is -0.417. The van der Waals surface area contributed by atoms with Gasteiger partial charge in [-0.25, -0.2) is 0 Å². The molecule has 0 heterocycles. The number of unbranched alkanes of at least 4 members (excludes halogenated alkanes) is 1. The third-order valence-corrected chi connectivity index (χ3v) is 2.40. The van der Waals surface area contributed by atoms with Crippen LogP contribution < -0.4 is 11.1 Å². The zero-order valence-corrected chi connectivity index (χ0v) is 10.2. The molecule has 17 heavy (non-hydrogen) atoms. The summed E-state index contributed by atoms with van der Waals surface area (Å²) >= 11 is 0. The van der Waals surface area contributed by atoms with E-state index in [1.165, 1.54) is 0 Å². The van der Waals surface area contributed by atoms with E-state index in [0.29, 0.717) is 18.7 Å². The van der Waals surface area contributed by atoms with Gasteiger partial charge in [0.05, 0.1) is 12.2 Å². The summed E-state index contributed by atoms with van der Waals surface area (Å²) in [5.41, 5.74) is 6.55. The highest BCUT2D eigenvalue weighted by Crippen LogP contribution is 2.13. The quantitative estimate of drug-likeness (QED) is 0.679. The Morgan fingerprint density at radius 2 is 2.12 bits per heavy atom. The number of nitrogens with one attached hydrogen (secondary N) is 1. The van der Waals surface area contributed by atoms with Crippen LogP contribution in [0, 0.1) is 0 Å². The van der Waals surface area contributed by atoms with Crippen LogP contribution in [-0.4, -0.2) is 25.7 Å². The van der Waals surface area contributed by atoms with Crippen molar-refractivity contribution in [1.82, 2.24) is 0 Å². The molecule has 1 aromatic rings. The molecule has 0 fully saturated rings. The zero-order chi connectivity index (χ0) is 12.5. The van der Waals surface area contributed by atoms with Gasteiger partial charge in [0.15, 0.2) is 0 Å². The number of hydrogen-bond donors (Lipinski definition) is 2. The third-order valence-electron chi connectivity index (χ3n) is 2.40. The first kappa shape index (κ1) is 13.5. The normalized spacial score (nSPS) is 10.2. The molecule has 0 unspecified atom stereocenters. The number of amides is 1. The Balaban J connectivity index is 2.34. The van der Waals surface area contributed by atoms with E-state index in [1.807, 2.05) is 12.1 Å². The van der Waals surface area contributed by atoms with Gasteiger partial charge in [-0.2, -0.15) is 0 Å². The molecule has 0 atom stereocenters. The highest BCUT2D eigenvalue weighted by molar-refractivity contribution is 5.98. The molecule has 4 heteroatoms. The van der Waals surface area contributed by atoms with Crippen molar-refractivity contribution in [2.45, 2.75) is 19.8 Å². The summed E-state index contributed by atoms with van der Waals surface area (Å²) in [6.45, 7) is 4.22. The smallest absolute Gasteiger partial charge is 0.250 e. The first-order valence-corrected chi connectivity index (χ1v) is 5.96. The van der Waals surface area contributed by atoms with Crippen LogP contribution in [0.3, 0.4) is 0 Å². The molecular weight excluding hydrogens is 216 g/mol. The van der Waals surface area contributed by atoms with Gasteiger partial charge in [0.1, 0.15) is 0 Å². The molecule has 0 spiro atoms. The molecule has 1 amide bonds. The van der Waals surface area contributed by atoms with Gasteiger partial charge in [0.2, 0.25) is 0 Å². The molecule has 4 nitrogen and oxygen atoms in total. The topological polar surface area (TPSA) is 64.3 Å². The SMILES string of the molecule is CCCCOCCNc1ccccc1C(N)=O. The molecule has 1 aromatic carbocycles. The maximum absolute atomic E-state index is 11.1. The van der Waals surface area contributed by atoms with Gasteiger partial charge in [-0.1, -0.05) is 25.5 Å². The predicted octanol–water partition coefficient (Wildman–Crippen LogP) is 2.01. The number of benzene rings is 1. The molecule has 0 saturated carbocycles. The molecule has 0 saturated heterocycles. The lowest BCUT2D eigenvalue weighted by Crippen LogP contribution is -2.16. The van der Waals surface area contributed by atoms with Gasteiger partial charge >= 0.3 is 0 Å². The average molecular weight is 236 g/mol. The van der Waals surface area contributed by atoms with Crippen LogP contribution in [0.5, 0.6) is 0 Å². The van der Waals surface area contributed by atoms with Gasteiger partial charge in [-0.3, -0.25) is 4.79 Å². The average Bonchev–Trinajstić information content (AvgIpc) is 2.34. The van der Waals surface area contributed by atoms with Crippen LogP contribution in [0.2, 0.25) is 0 Å². The highest BCUT2D eigenvalue weighted by Gasteiger charge is 2.05. The van der Waals surface area contributed by atoms with E-state index < -0.39 is 5.91 Å². The van der Waals surface area contributed by atoms with E-state index in [2.05, 4.69) is 12.2 Å². The van der Waals surface area contributed by atoms with Crippen molar-refractivity contribution in [1.29, 1.82) is 0 Å². The lowest BCUT2D eigenvalue weighted by atomic mass is 10.1. The Hall–Kier alpha value is -1.55. The summed E-state index contributed by atoms with van der Waals surface area (Å²) in [5, 5.41) is 3.15. The van der Waals surface area contributed by atoms with Crippen LogP contribution in [-0.2, 0) is 4.74 Å². The van der Waals surface area contributed by atoms with Crippen LogP contribution >= 0.6 is 0 Å². The number of hydrogen-bond acceptors (Lipinski definition) is 3. The fourth-order valence-electron chi connectivity index (χ4n) is 1.46. The number of primary amides is 1. The summed E-state index contributed by atoms with van der Waals surface area (Å²) in [7, 11) is 0. The minimum Gasteiger partial charge on any atom is -0.382 e. The summed E-state index contributed by atoms with van der Waals surface area (Å²) in [5.74, 6) is -0.417. The number of para-hydroxylation sites is 1. The van der Waals surface area contributed by atoms with Gasteiger partial charge in [-0.15, -0.1) is 0 Å². The number of rotatable bonds is 8. The second kappa shape index (κ2) is 7.68. The maximum Gasteiger partial charge on any atom is 0.250 e. The van der Waals surface area contributed by atoms with Crippen molar-refractivity contribution in [2.75, 3.05) is 25.1 Å². The van der Waals surface area contributed by atoms with Crippen LogP contribution in [0.4, 0.5) is 5.69 Å². The van der Waals surface area contributed by atoms with Crippen molar-refractivity contribution in [2.24, 2.45) is 5.73 Å². The lowest BCUT2D eigenvalue weighted by molar-refractivity contribution is 0.100. The van der Waals surface area contributed by atoms with Crippen molar-refractivity contribution in [3.63, 3.8) is 0 Å². The van der Waals surface area contributed by atoms with E-state index in [1.54, 1.807) is 12.1 Å². The summed E-state index contributed by atoms with van der Waals surface area (Å²) in [6.07, 6.45) is 2.22. The Labute approximate surface area is 102 Å². The first-order chi connectivity index (χ1) is 8.25. The van der Waals surface area contributed by atoms with Gasteiger partial charge in [-0.05, 0) is 18.6 Å². The fraction of sp³-hybridized carbons (Fsp3) is 0.462. The second-order valence-corrected chi connectivity index (χ2v) is 3.80. The minimum absolute atomic E-state index is 0.417. The molecule has 0 aliphatic rings. The molecule has 94 valence electrons. The van der Waals surface area contributed by atoms with Gasteiger partial charge < -0.3 is 15.8 Å². The zero-order valence-electron chi connectivity index (χ0n) is 10.2. The maximum atomic E-state index is 11.1. The summed E-state index contributed by atoms with van der Waals surface area (Å²) in [6, 6.07) is 7.21. The van der Waals surface area contributed by atoms with Crippen LogP contribution in [0.1, 0.15) is 30.1 Å². The largest absolute Gasteiger partial charge is 0.382 e. The van der Waals surface area contributed by atoms with Crippen molar-refractivity contribution in [3.05, 3.63) is 29.8 Å². The van der Waals surface area contributed by atoms with Crippen molar-refractivity contribution in [3.8, 4) is 0 Å². The van der Waals surface area contributed by atoms with Crippen molar-refractivity contribution >= 4 is 11.6 Å². The Kier molecular flexibility index (Phi) is 6.10. The second-order valence-electron chi connectivity index (χ2n) is 3.80. The van der Waals surface area contributed by atoms with E-state index in [0.717, 1.165) is 25.1 Å². The molecule has 1 rings (SSSR count). The molecule has 0 radical (unpaired) electrons.